The van der Waals surface area contributed by atoms with Crippen molar-refractivity contribution in [3.05, 3.63) is 64.3 Å². The zero-order chi connectivity index (χ0) is 16.9. The lowest BCUT2D eigenvalue weighted by molar-refractivity contribution is -0.118. The van der Waals surface area contributed by atoms with Crippen molar-refractivity contribution in [2.75, 3.05) is 5.32 Å². The minimum absolute atomic E-state index is 0.0562. The summed E-state index contributed by atoms with van der Waals surface area (Å²) in [6.45, 7) is 3.97. The van der Waals surface area contributed by atoms with Crippen LogP contribution in [0.1, 0.15) is 29.7 Å². The molecule has 4 heteroatoms. The van der Waals surface area contributed by atoms with Crippen molar-refractivity contribution in [1.82, 2.24) is 4.98 Å². The van der Waals surface area contributed by atoms with E-state index in [1.165, 1.54) is 0 Å². The number of benzene rings is 2. The molecule has 0 radical (unpaired) electrons. The highest BCUT2D eigenvalue weighted by atomic mass is 35.5. The number of aromatic nitrogens is 1. The maximum absolute atomic E-state index is 13.1. The van der Waals surface area contributed by atoms with E-state index < -0.39 is 5.41 Å². The number of fused-ring (bicyclic) bond motifs is 1. The van der Waals surface area contributed by atoms with Crippen LogP contribution in [0.3, 0.4) is 0 Å². The van der Waals surface area contributed by atoms with Gasteiger partial charge in [-0.1, -0.05) is 35.9 Å². The first kappa shape index (κ1) is 15.3. The van der Waals surface area contributed by atoms with E-state index in [2.05, 4.69) is 22.4 Å². The molecule has 2 aromatic carbocycles. The number of aryl methyl sites for hydroxylation is 1. The van der Waals surface area contributed by atoms with Crippen LogP contribution in [0.2, 0.25) is 5.02 Å². The minimum atomic E-state index is -0.432. The Morgan fingerprint density at radius 1 is 1.12 bits per heavy atom. The van der Waals surface area contributed by atoms with Crippen molar-refractivity contribution in [2.45, 2.75) is 32.1 Å². The lowest BCUT2D eigenvalue weighted by Gasteiger charge is -2.18. The average molecular weight is 339 g/mol. The van der Waals surface area contributed by atoms with Gasteiger partial charge in [0.05, 0.1) is 5.41 Å². The molecule has 1 aliphatic carbocycles. The quantitative estimate of drug-likeness (QED) is 0.685. The molecule has 4 rings (SSSR count). The normalized spacial score (nSPS) is 15.5. The Balaban J connectivity index is 1.74. The Hall–Kier alpha value is -2.26. The predicted octanol–water partition coefficient (Wildman–Crippen LogP) is 5.11. The van der Waals surface area contributed by atoms with Gasteiger partial charge in [0.15, 0.2) is 0 Å². The van der Waals surface area contributed by atoms with Gasteiger partial charge in [-0.25, -0.2) is 0 Å². The van der Waals surface area contributed by atoms with Gasteiger partial charge >= 0.3 is 0 Å². The second kappa shape index (κ2) is 5.38. The van der Waals surface area contributed by atoms with Crippen LogP contribution in [0.5, 0.6) is 0 Å². The van der Waals surface area contributed by atoms with Crippen LogP contribution in [0, 0.1) is 13.8 Å². The molecule has 0 spiro atoms. The molecule has 1 aliphatic rings. The van der Waals surface area contributed by atoms with E-state index in [9.17, 15) is 4.79 Å². The van der Waals surface area contributed by atoms with Crippen LogP contribution < -0.4 is 5.32 Å². The highest BCUT2D eigenvalue weighted by molar-refractivity contribution is 6.31. The molecule has 0 bridgehead atoms. The number of hydrogen-bond donors (Lipinski definition) is 2. The Morgan fingerprint density at radius 2 is 1.88 bits per heavy atom. The average Bonchev–Trinajstić information content (AvgIpc) is 3.29. The fourth-order valence-electron chi connectivity index (χ4n) is 3.59. The van der Waals surface area contributed by atoms with Gasteiger partial charge in [0, 0.05) is 27.3 Å². The molecule has 3 aromatic rings. The summed E-state index contributed by atoms with van der Waals surface area (Å²) in [4.78, 5) is 16.5. The van der Waals surface area contributed by atoms with E-state index in [0.29, 0.717) is 5.02 Å². The summed E-state index contributed by atoms with van der Waals surface area (Å²) in [5.41, 5.74) is 4.55. The Bertz CT molecular complexity index is 953. The zero-order valence-corrected chi connectivity index (χ0v) is 14.5. The molecule has 1 fully saturated rings. The number of anilines is 1. The standard InChI is InChI=1S/C20H19ClN2O/c1-12-15(21)7-5-9-16(12)23-19(24)20(10-11-20)18-13(2)22-17-8-4-3-6-14(17)18/h3-9,22H,10-11H2,1-2H3,(H,23,24). The summed E-state index contributed by atoms with van der Waals surface area (Å²) in [7, 11) is 0. The van der Waals surface area contributed by atoms with Gasteiger partial charge in [0.2, 0.25) is 5.91 Å². The van der Waals surface area contributed by atoms with Gasteiger partial charge in [0.1, 0.15) is 0 Å². The highest BCUT2D eigenvalue weighted by Gasteiger charge is 2.53. The van der Waals surface area contributed by atoms with Crippen LogP contribution in [0.25, 0.3) is 10.9 Å². The predicted molar refractivity (Wildman–Crippen MR) is 98.8 cm³/mol. The highest BCUT2D eigenvalue weighted by Crippen LogP contribution is 2.52. The monoisotopic (exact) mass is 338 g/mol. The molecule has 1 saturated carbocycles. The largest absolute Gasteiger partial charge is 0.358 e. The summed E-state index contributed by atoms with van der Waals surface area (Å²) in [5.74, 6) is 0.0562. The molecule has 0 atom stereocenters. The van der Waals surface area contributed by atoms with Crippen LogP contribution in [-0.2, 0) is 10.2 Å². The minimum Gasteiger partial charge on any atom is -0.358 e. The number of aromatic amines is 1. The number of nitrogens with one attached hydrogen (secondary N) is 2. The van der Waals surface area contributed by atoms with Gasteiger partial charge in [0.25, 0.3) is 0 Å². The topological polar surface area (TPSA) is 44.9 Å². The zero-order valence-electron chi connectivity index (χ0n) is 13.7. The molecule has 1 heterocycles. The molecule has 0 unspecified atom stereocenters. The number of carbonyl (C=O) groups excluding carboxylic acids is 1. The van der Waals surface area contributed by atoms with Crippen molar-refractivity contribution in [1.29, 1.82) is 0 Å². The maximum Gasteiger partial charge on any atom is 0.235 e. The van der Waals surface area contributed by atoms with E-state index in [1.807, 2.05) is 44.2 Å². The first-order valence-electron chi connectivity index (χ1n) is 8.17. The van der Waals surface area contributed by atoms with Gasteiger partial charge < -0.3 is 10.3 Å². The van der Waals surface area contributed by atoms with Crippen LogP contribution in [-0.4, -0.2) is 10.9 Å². The third kappa shape index (κ3) is 2.23. The van der Waals surface area contributed by atoms with Crippen molar-refractivity contribution in [2.24, 2.45) is 0 Å². The summed E-state index contributed by atoms with van der Waals surface area (Å²) < 4.78 is 0. The van der Waals surface area contributed by atoms with Crippen LogP contribution in [0.15, 0.2) is 42.5 Å². The molecular formula is C20H19ClN2O. The Morgan fingerprint density at radius 3 is 2.62 bits per heavy atom. The maximum atomic E-state index is 13.1. The fraction of sp³-hybridized carbons (Fsp3) is 0.250. The summed E-state index contributed by atoms with van der Waals surface area (Å²) >= 11 is 6.17. The molecule has 0 saturated heterocycles. The second-order valence-electron chi connectivity index (χ2n) is 6.62. The SMILES string of the molecule is Cc1[nH]c2ccccc2c1C1(C(=O)Nc2cccc(Cl)c2C)CC1. The number of amides is 1. The molecule has 0 aliphatic heterocycles. The summed E-state index contributed by atoms with van der Waals surface area (Å²) in [5, 5.41) is 4.91. The first-order chi connectivity index (χ1) is 11.5. The van der Waals surface area contributed by atoms with Crippen LogP contribution in [0.4, 0.5) is 5.69 Å². The fourth-order valence-corrected chi connectivity index (χ4v) is 3.77. The molecule has 2 N–H and O–H groups in total. The Labute approximate surface area is 146 Å². The molecule has 122 valence electrons. The van der Waals surface area contributed by atoms with Gasteiger partial charge in [-0.3, -0.25) is 4.79 Å². The summed E-state index contributed by atoms with van der Waals surface area (Å²) in [6, 6.07) is 13.8. The van der Waals surface area contributed by atoms with Gasteiger partial charge in [-0.2, -0.15) is 0 Å². The lowest BCUT2D eigenvalue weighted by Crippen LogP contribution is -2.28. The lowest BCUT2D eigenvalue weighted by atomic mass is 9.92. The van der Waals surface area contributed by atoms with Crippen molar-refractivity contribution < 1.29 is 4.79 Å². The summed E-state index contributed by atoms with van der Waals surface area (Å²) in [6.07, 6.45) is 1.75. The third-order valence-electron chi connectivity index (χ3n) is 5.07. The number of H-pyrrole nitrogens is 1. The number of rotatable bonds is 3. The van der Waals surface area contributed by atoms with E-state index in [4.69, 9.17) is 11.6 Å². The molecule has 3 nitrogen and oxygen atoms in total. The van der Waals surface area contributed by atoms with Gasteiger partial charge in [-0.15, -0.1) is 0 Å². The number of para-hydroxylation sites is 1. The molecule has 24 heavy (non-hydrogen) atoms. The van der Waals surface area contributed by atoms with E-state index in [-0.39, 0.29) is 5.91 Å². The van der Waals surface area contributed by atoms with Gasteiger partial charge in [-0.05, 0) is 56.0 Å². The number of carbonyl (C=O) groups is 1. The smallest absolute Gasteiger partial charge is 0.235 e. The third-order valence-corrected chi connectivity index (χ3v) is 5.48. The van der Waals surface area contributed by atoms with E-state index in [0.717, 1.165) is 46.3 Å². The second-order valence-corrected chi connectivity index (χ2v) is 7.03. The molecule has 1 amide bonds. The number of halogens is 1. The van der Waals surface area contributed by atoms with Crippen molar-refractivity contribution in [3.63, 3.8) is 0 Å². The Kier molecular flexibility index (Phi) is 3.43. The molecule has 1 aromatic heterocycles. The number of hydrogen-bond acceptors (Lipinski definition) is 1. The molecular weight excluding hydrogens is 320 g/mol. The van der Waals surface area contributed by atoms with E-state index >= 15 is 0 Å². The van der Waals surface area contributed by atoms with Crippen LogP contribution >= 0.6 is 11.6 Å². The van der Waals surface area contributed by atoms with Crippen molar-refractivity contribution >= 4 is 34.1 Å². The van der Waals surface area contributed by atoms with Crippen molar-refractivity contribution in [3.8, 4) is 0 Å². The van der Waals surface area contributed by atoms with E-state index in [1.54, 1.807) is 0 Å². The first-order valence-corrected chi connectivity index (χ1v) is 8.55.